The molecule has 4 heteroatoms. The van der Waals surface area contributed by atoms with Crippen molar-refractivity contribution < 1.29 is 8.83 Å². The smallest absolute Gasteiger partial charge is 0.143 e. The van der Waals surface area contributed by atoms with Crippen LogP contribution in [0.25, 0.3) is 93.6 Å². The molecule has 0 fully saturated rings. The summed E-state index contributed by atoms with van der Waals surface area (Å²) in [6.45, 7) is 0. The van der Waals surface area contributed by atoms with Gasteiger partial charge in [0, 0.05) is 65.9 Å². The van der Waals surface area contributed by atoms with E-state index < -0.39 is 0 Å². The molecule has 3 heterocycles. The minimum Gasteiger partial charge on any atom is -0.455 e. The van der Waals surface area contributed by atoms with Crippen molar-refractivity contribution in [3.8, 4) is 27.9 Å². The van der Waals surface area contributed by atoms with Crippen LogP contribution in [0.3, 0.4) is 0 Å². The highest BCUT2D eigenvalue weighted by molar-refractivity contribution is 6.15. The number of hydrogen-bond donors (Lipinski definition) is 0. The molecular weight excluding hydrogens is 709 g/mol. The van der Waals surface area contributed by atoms with E-state index in [1.165, 1.54) is 10.8 Å². The Morgan fingerprint density at radius 2 is 0.845 bits per heavy atom. The highest BCUT2D eigenvalue weighted by Crippen LogP contribution is 2.48. The van der Waals surface area contributed by atoms with Gasteiger partial charge in [-0.2, -0.15) is 0 Å². The van der Waals surface area contributed by atoms with Crippen LogP contribution in [0.15, 0.2) is 215 Å². The van der Waals surface area contributed by atoms with Crippen molar-refractivity contribution in [3.05, 3.63) is 206 Å². The van der Waals surface area contributed by atoms with Crippen molar-refractivity contribution in [1.29, 1.82) is 0 Å². The topological polar surface area (TPSA) is 34.5 Å². The lowest BCUT2D eigenvalue weighted by atomic mass is 9.97. The molecule has 0 saturated heterocycles. The van der Waals surface area contributed by atoms with Crippen LogP contribution in [0, 0.1) is 0 Å². The van der Waals surface area contributed by atoms with Crippen molar-refractivity contribution in [2.45, 2.75) is 0 Å². The number of hydrogen-bond acceptors (Lipinski definition) is 3. The summed E-state index contributed by atoms with van der Waals surface area (Å²) in [7, 11) is 0. The maximum absolute atomic E-state index is 6.86. The summed E-state index contributed by atoms with van der Waals surface area (Å²) in [6.07, 6.45) is 0. The van der Waals surface area contributed by atoms with Crippen LogP contribution in [-0.2, 0) is 0 Å². The predicted octanol–water partition coefficient (Wildman–Crippen LogP) is 15.4. The fourth-order valence-electron chi connectivity index (χ4n) is 9.08. The second-order valence-corrected chi connectivity index (χ2v) is 14.8. The molecule has 0 aliphatic heterocycles. The van der Waals surface area contributed by atoms with Crippen LogP contribution in [-0.4, -0.2) is 4.57 Å². The van der Waals surface area contributed by atoms with Crippen molar-refractivity contribution in [2.24, 2.45) is 0 Å². The van der Waals surface area contributed by atoms with Crippen molar-refractivity contribution in [1.82, 2.24) is 4.57 Å². The molecule has 9 aromatic carbocycles. The van der Waals surface area contributed by atoms with E-state index in [0.29, 0.717) is 0 Å². The molecule has 12 rings (SSSR count). The summed E-state index contributed by atoms with van der Waals surface area (Å²) in [5, 5.41) is 6.79. The van der Waals surface area contributed by atoms with E-state index in [2.05, 4.69) is 198 Å². The standard InChI is InChI=1S/C54H34N2O2/c1-2-17-35(18-3-1)55(47-27-10-6-21-39(47)43-25-16-26-44-41-23-8-14-31-51(41)57-53(43)44)36-33-45(54-46(34-36)42-24-9-15-32-52(42)58-54)40-22-7-13-30-50(40)56-48-28-11-4-19-37(48)38-20-5-12-29-49(38)56/h1-34H. The van der Waals surface area contributed by atoms with Crippen LogP contribution in [0.1, 0.15) is 0 Å². The normalized spacial score (nSPS) is 11.8. The minimum atomic E-state index is 0.853. The van der Waals surface area contributed by atoms with Gasteiger partial charge in [0.15, 0.2) is 0 Å². The summed E-state index contributed by atoms with van der Waals surface area (Å²) in [5.41, 5.74) is 14.2. The fourth-order valence-corrected chi connectivity index (χ4v) is 9.08. The van der Waals surface area contributed by atoms with Gasteiger partial charge < -0.3 is 18.3 Å². The van der Waals surface area contributed by atoms with Crippen LogP contribution in [0.5, 0.6) is 0 Å². The van der Waals surface area contributed by atoms with Gasteiger partial charge in [-0.05, 0) is 60.7 Å². The summed E-state index contributed by atoms with van der Waals surface area (Å²) < 4.78 is 15.9. The first-order valence-corrected chi connectivity index (χ1v) is 19.7. The summed E-state index contributed by atoms with van der Waals surface area (Å²) >= 11 is 0. The lowest BCUT2D eigenvalue weighted by Crippen LogP contribution is -2.11. The number of furan rings is 2. The van der Waals surface area contributed by atoms with Crippen molar-refractivity contribution in [2.75, 3.05) is 4.90 Å². The lowest BCUT2D eigenvalue weighted by molar-refractivity contribution is 0.669. The molecule has 0 spiro atoms. The molecule has 0 aliphatic carbocycles. The second kappa shape index (κ2) is 12.9. The molecule has 4 nitrogen and oxygen atoms in total. The number of benzene rings is 9. The Balaban J connectivity index is 1.16. The molecule has 0 radical (unpaired) electrons. The van der Waals surface area contributed by atoms with Crippen LogP contribution in [0.4, 0.5) is 17.1 Å². The Kier molecular flexibility index (Phi) is 7.20. The van der Waals surface area contributed by atoms with Crippen molar-refractivity contribution in [3.63, 3.8) is 0 Å². The largest absolute Gasteiger partial charge is 0.455 e. The molecule has 12 aromatic rings. The first kappa shape index (κ1) is 32.4. The molecule has 0 N–H and O–H groups in total. The maximum atomic E-state index is 6.86. The molecule has 0 amide bonds. The third-order valence-electron chi connectivity index (χ3n) is 11.6. The highest BCUT2D eigenvalue weighted by Gasteiger charge is 2.25. The highest BCUT2D eigenvalue weighted by atomic mass is 16.3. The van der Waals surface area contributed by atoms with Gasteiger partial charge in [-0.25, -0.2) is 0 Å². The summed E-state index contributed by atoms with van der Waals surface area (Å²) in [4.78, 5) is 2.38. The molecular formula is C54H34N2O2. The first-order valence-electron chi connectivity index (χ1n) is 19.7. The van der Waals surface area contributed by atoms with Gasteiger partial charge >= 0.3 is 0 Å². The SMILES string of the molecule is c1ccc(N(c2cc(-c3ccccc3-n3c4ccccc4c4ccccc43)c3oc4ccccc4c3c2)c2ccccc2-c2cccc3c2oc2ccccc23)cc1. The zero-order chi connectivity index (χ0) is 38.2. The van der Waals surface area contributed by atoms with Gasteiger partial charge in [-0.3, -0.25) is 0 Å². The van der Waals surface area contributed by atoms with E-state index in [0.717, 1.165) is 99.9 Å². The van der Waals surface area contributed by atoms with E-state index in [1.807, 2.05) is 18.2 Å². The molecule has 3 aromatic heterocycles. The van der Waals surface area contributed by atoms with Crippen molar-refractivity contribution >= 4 is 82.7 Å². The first-order chi connectivity index (χ1) is 28.8. The minimum absolute atomic E-state index is 0.853. The molecule has 0 unspecified atom stereocenters. The van der Waals surface area contributed by atoms with Gasteiger partial charge in [0.05, 0.1) is 22.4 Å². The number of anilines is 3. The predicted molar refractivity (Wildman–Crippen MR) is 241 cm³/mol. The maximum Gasteiger partial charge on any atom is 0.143 e. The number of aromatic nitrogens is 1. The average molecular weight is 743 g/mol. The molecule has 272 valence electrons. The quantitative estimate of drug-likeness (QED) is 0.170. The molecule has 0 aliphatic rings. The van der Waals surface area contributed by atoms with Gasteiger partial charge in [-0.15, -0.1) is 0 Å². The molecule has 0 saturated carbocycles. The van der Waals surface area contributed by atoms with E-state index in [4.69, 9.17) is 8.83 Å². The van der Waals surface area contributed by atoms with E-state index in [1.54, 1.807) is 0 Å². The van der Waals surface area contributed by atoms with E-state index >= 15 is 0 Å². The lowest BCUT2D eigenvalue weighted by Gasteiger charge is -2.28. The Morgan fingerprint density at radius 1 is 0.328 bits per heavy atom. The Morgan fingerprint density at radius 3 is 1.57 bits per heavy atom. The van der Waals surface area contributed by atoms with Gasteiger partial charge in [-0.1, -0.05) is 146 Å². The van der Waals surface area contributed by atoms with E-state index in [9.17, 15) is 0 Å². The summed E-state index contributed by atoms with van der Waals surface area (Å²) in [5.74, 6) is 0. The zero-order valence-electron chi connectivity index (χ0n) is 31.3. The Labute approximate surface area is 334 Å². The number of rotatable bonds is 6. The van der Waals surface area contributed by atoms with Gasteiger partial charge in [0.1, 0.15) is 22.3 Å². The zero-order valence-corrected chi connectivity index (χ0v) is 31.3. The Bertz CT molecular complexity index is 3480. The van der Waals surface area contributed by atoms with Gasteiger partial charge in [0.2, 0.25) is 0 Å². The Hall–Kier alpha value is -7.82. The number of fused-ring (bicyclic) bond motifs is 9. The molecule has 0 atom stereocenters. The van der Waals surface area contributed by atoms with Crippen LogP contribution >= 0.6 is 0 Å². The average Bonchev–Trinajstić information content (AvgIpc) is 3.97. The monoisotopic (exact) mass is 742 g/mol. The number of nitrogens with zero attached hydrogens (tertiary/aromatic N) is 2. The summed E-state index contributed by atoms with van der Waals surface area (Å²) in [6, 6.07) is 73.1. The second-order valence-electron chi connectivity index (χ2n) is 14.8. The van der Waals surface area contributed by atoms with Crippen LogP contribution in [0.2, 0.25) is 0 Å². The molecule has 58 heavy (non-hydrogen) atoms. The third kappa shape index (κ3) is 4.88. The number of para-hydroxylation sites is 8. The van der Waals surface area contributed by atoms with Crippen LogP contribution < -0.4 is 4.90 Å². The van der Waals surface area contributed by atoms with E-state index in [-0.39, 0.29) is 0 Å². The molecule has 0 bridgehead atoms. The van der Waals surface area contributed by atoms with Gasteiger partial charge in [0.25, 0.3) is 0 Å². The third-order valence-corrected chi connectivity index (χ3v) is 11.6. The fraction of sp³-hybridized carbons (Fsp3) is 0.